The number of ether oxygens (including phenoxy) is 1. The highest BCUT2D eigenvalue weighted by Crippen LogP contribution is 2.24. The van der Waals surface area contributed by atoms with Crippen LogP contribution in [0.5, 0.6) is 5.75 Å². The van der Waals surface area contributed by atoms with Crippen molar-refractivity contribution in [2.24, 2.45) is 11.0 Å². The van der Waals surface area contributed by atoms with E-state index in [2.05, 4.69) is 67.3 Å². The van der Waals surface area contributed by atoms with Crippen molar-refractivity contribution in [1.29, 1.82) is 0 Å². The van der Waals surface area contributed by atoms with Gasteiger partial charge in [-0.05, 0) is 86.7 Å². The monoisotopic (exact) mass is 680 g/mol. The molecule has 1 aliphatic heterocycles. The Hall–Kier alpha value is -4.56. The quantitative estimate of drug-likeness (QED) is 0.0766. The molecule has 0 aliphatic carbocycles. The fourth-order valence-electron chi connectivity index (χ4n) is 5.25. The van der Waals surface area contributed by atoms with E-state index < -0.39 is 6.36 Å². The van der Waals surface area contributed by atoms with Crippen molar-refractivity contribution in [2.75, 3.05) is 37.2 Å². The van der Waals surface area contributed by atoms with E-state index in [9.17, 15) is 18.0 Å². The van der Waals surface area contributed by atoms with E-state index in [4.69, 9.17) is 0 Å². The first-order chi connectivity index (χ1) is 23.1. The average Bonchev–Trinajstić information content (AvgIpc) is 3.56. The van der Waals surface area contributed by atoms with Gasteiger partial charge in [-0.3, -0.25) is 10.2 Å². The number of piperidine rings is 1. The summed E-state index contributed by atoms with van der Waals surface area (Å²) in [6, 6.07) is 19.0. The summed E-state index contributed by atoms with van der Waals surface area (Å²) in [5, 5.41) is 18.7. The predicted molar refractivity (Wildman–Crippen MR) is 183 cm³/mol. The van der Waals surface area contributed by atoms with Gasteiger partial charge in [0.2, 0.25) is 5.91 Å². The van der Waals surface area contributed by atoms with Crippen molar-refractivity contribution < 1.29 is 22.7 Å². The van der Waals surface area contributed by atoms with E-state index in [1.54, 1.807) is 6.21 Å². The lowest BCUT2D eigenvalue weighted by molar-refractivity contribution is -0.274. The Morgan fingerprint density at radius 3 is 2.56 bits per heavy atom. The molecular weight excluding hydrogens is 641 g/mol. The molecule has 5 rings (SSSR count). The van der Waals surface area contributed by atoms with Gasteiger partial charge in [0.25, 0.3) is 0 Å². The van der Waals surface area contributed by atoms with Gasteiger partial charge in [0.05, 0.1) is 17.7 Å². The number of benzene rings is 3. The minimum atomic E-state index is -4.75. The molecule has 10 nitrogen and oxygen atoms in total. The summed E-state index contributed by atoms with van der Waals surface area (Å²) in [6.45, 7) is 7.35. The summed E-state index contributed by atoms with van der Waals surface area (Å²) < 4.78 is 42.8. The average molecular weight is 681 g/mol. The number of anilines is 1. The maximum absolute atomic E-state index is 12.7. The van der Waals surface area contributed by atoms with E-state index in [0.29, 0.717) is 36.3 Å². The number of rotatable bonds is 14. The van der Waals surface area contributed by atoms with Crippen molar-refractivity contribution in [3.05, 3.63) is 89.7 Å². The second-order valence-corrected chi connectivity index (χ2v) is 12.7. The highest BCUT2D eigenvalue weighted by molar-refractivity contribution is 8.00. The number of nitrogens with zero attached hydrogens (tertiary/aromatic N) is 4. The van der Waals surface area contributed by atoms with Gasteiger partial charge in [-0.2, -0.15) is 5.10 Å². The van der Waals surface area contributed by atoms with Crippen LogP contribution in [0.2, 0.25) is 0 Å². The van der Waals surface area contributed by atoms with E-state index in [1.165, 1.54) is 47.0 Å². The second-order valence-electron chi connectivity index (χ2n) is 11.5. The molecular formula is C34H39F3N8O2S. The molecule has 0 bridgehead atoms. The van der Waals surface area contributed by atoms with Crippen molar-refractivity contribution in [1.82, 2.24) is 30.8 Å². The van der Waals surface area contributed by atoms with Gasteiger partial charge in [0, 0.05) is 24.3 Å². The van der Waals surface area contributed by atoms with E-state index >= 15 is 0 Å². The number of thioether (sulfide) groups is 1. The Morgan fingerprint density at radius 2 is 1.88 bits per heavy atom. The maximum Gasteiger partial charge on any atom is 0.573 e. The smallest absolute Gasteiger partial charge is 0.406 e. The van der Waals surface area contributed by atoms with Crippen LogP contribution in [0, 0.1) is 19.8 Å². The number of carbonyl (C=O) groups excluding carboxylic acids is 1. The summed E-state index contributed by atoms with van der Waals surface area (Å²) >= 11 is 1.49. The minimum Gasteiger partial charge on any atom is -0.406 e. The number of hydrogen-bond donors (Lipinski definition) is 4. The van der Waals surface area contributed by atoms with Crippen LogP contribution in [0.15, 0.2) is 78.2 Å². The molecule has 0 radical (unpaired) electrons. The van der Waals surface area contributed by atoms with Crippen molar-refractivity contribution in [3.8, 4) is 22.8 Å². The van der Waals surface area contributed by atoms with E-state index in [0.717, 1.165) is 53.9 Å². The predicted octanol–water partition coefficient (Wildman–Crippen LogP) is 5.66. The largest absolute Gasteiger partial charge is 0.573 e. The minimum absolute atomic E-state index is 0.00699. The lowest BCUT2D eigenvalue weighted by Gasteiger charge is -2.23. The zero-order valence-electron chi connectivity index (χ0n) is 26.8. The zero-order valence-corrected chi connectivity index (χ0v) is 27.6. The molecule has 3 aromatic carbocycles. The van der Waals surface area contributed by atoms with Crippen LogP contribution in [0.25, 0.3) is 17.1 Å². The summed E-state index contributed by atoms with van der Waals surface area (Å²) in [6.07, 6.45) is 0.714. The lowest BCUT2D eigenvalue weighted by atomic mass is 10.00. The summed E-state index contributed by atoms with van der Waals surface area (Å²) in [4.78, 5) is 17.0. The van der Waals surface area contributed by atoms with Crippen LogP contribution < -0.4 is 26.1 Å². The zero-order chi connectivity index (χ0) is 33.9. The Balaban J connectivity index is 1.17. The molecule has 1 aliphatic rings. The highest BCUT2D eigenvalue weighted by atomic mass is 32.2. The molecule has 14 heteroatoms. The molecule has 1 aromatic heterocycles. The second kappa shape index (κ2) is 16.5. The molecule has 1 fully saturated rings. The third-order valence-electron chi connectivity index (χ3n) is 7.78. The third kappa shape index (κ3) is 10.5. The fraction of sp³-hybridized carbons (Fsp3) is 0.353. The van der Waals surface area contributed by atoms with Gasteiger partial charge in [0.15, 0.2) is 5.82 Å². The number of aryl methyl sites for hydroxylation is 2. The van der Waals surface area contributed by atoms with Crippen LogP contribution in [0.1, 0.15) is 29.5 Å². The molecule has 4 N–H and O–H groups in total. The Kier molecular flexibility index (Phi) is 12.0. The molecule has 2 unspecified atom stereocenters. The standard InChI is InChI=1S/C34H39F3N8O2S/c1-23-5-3-6-24(2)32(23)40-20-31(48-21-30(46)39-18-26-7-4-16-38-17-26)43-42-19-25-8-10-27(11-9-25)33-41-22-45(44-33)28-12-14-29(15-13-28)47-34(35,36)37/h3,5-6,8-15,19,22,26,31,38,40,43H,4,7,16-18,20-21H2,1-2H3,(H,39,46)/b42-19+. The van der Waals surface area contributed by atoms with E-state index in [-0.39, 0.29) is 17.0 Å². The molecule has 1 saturated heterocycles. The Morgan fingerprint density at radius 1 is 1.12 bits per heavy atom. The number of aromatic nitrogens is 3. The van der Waals surface area contributed by atoms with Crippen LogP contribution in [-0.2, 0) is 4.79 Å². The number of carbonyl (C=O) groups is 1. The first-order valence-electron chi connectivity index (χ1n) is 15.7. The fourth-order valence-corrected chi connectivity index (χ4v) is 6.04. The molecule has 4 aromatic rings. The highest BCUT2D eigenvalue weighted by Gasteiger charge is 2.31. The normalized spacial score (nSPS) is 15.6. The maximum atomic E-state index is 12.7. The SMILES string of the molecule is Cc1cccc(C)c1NCC(N/N=C/c1ccc(-c2ncn(-c3ccc(OC(F)(F)F)cc3)n2)cc1)SCC(=O)NCC1CCCNC1. The van der Waals surface area contributed by atoms with Gasteiger partial charge in [-0.25, -0.2) is 9.67 Å². The molecule has 48 heavy (non-hydrogen) atoms. The van der Waals surface area contributed by atoms with Gasteiger partial charge >= 0.3 is 6.36 Å². The number of hydrogen-bond acceptors (Lipinski definition) is 9. The van der Waals surface area contributed by atoms with Gasteiger partial charge in [-0.1, -0.05) is 42.5 Å². The molecule has 0 saturated carbocycles. The molecule has 0 spiro atoms. The van der Waals surface area contributed by atoms with Crippen LogP contribution in [0.3, 0.4) is 0 Å². The van der Waals surface area contributed by atoms with Crippen LogP contribution >= 0.6 is 11.8 Å². The number of halogens is 3. The molecule has 2 heterocycles. The molecule has 2 atom stereocenters. The van der Waals surface area contributed by atoms with Gasteiger partial charge in [0.1, 0.15) is 17.5 Å². The first kappa shape index (κ1) is 34.8. The summed E-state index contributed by atoms with van der Waals surface area (Å²) in [5.41, 5.74) is 8.71. The van der Waals surface area contributed by atoms with E-state index in [1.807, 2.05) is 30.3 Å². The Labute approximate surface area is 281 Å². The van der Waals surface area contributed by atoms with Gasteiger partial charge < -0.3 is 20.7 Å². The van der Waals surface area contributed by atoms with Crippen molar-refractivity contribution in [3.63, 3.8) is 0 Å². The van der Waals surface area contributed by atoms with Crippen molar-refractivity contribution in [2.45, 2.75) is 38.4 Å². The first-order valence-corrected chi connectivity index (χ1v) is 16.7. The topological polar surface area (TPSA) is 117 Å². The third-order valence-corrected chi connectivity index (χ3v) is 8.88. The number of para-hydroxylation sites is 1. The number of hydrazone groups is 1. The Bertz CT molecular complexity index is 1640. The van der Waals surface area contributed by atoms with Gasteiger partial charge in [-0.15, -0.1) is 30.0 Å². The van der Waals surface area contributed by atoms with Crippen LogP contribution in [-0.4, -0.2) is 70.6 Å². The lowest BCUT2D eigenvalue weighted by Crippen LogP contribution is -2.39. The molecule has 1 amide bonds. The van der Waals surface area contributed by atoms with Crippen molar-refractivity contribution >= 4 is 29.6 Å². The van der Waals surface area contributed by atoms with Crippen LogP contribution in [0.4, 0.5) is 18.9 Å². The number of nitrogens with one attached hydrogen (secondary N) is 4. The number of amides is 1. The summed E-state index contributed by atoms with van der Waals surface area (Å²) in [7, 11) is 0. The summed E-state index contributed by atoms with van der Waals surface area (Å²) in [5.74, 6) is 0.931. The molecule has 254 valence electrons. The number of alkyl halides is 3.